The van der Waals surface area contributed by atoms with Gasteiger partial charge in [-0.1, -0.05) is 74.8 Å². The normalized spacial score (nSPS) is 17.8. The van der Waals surface area contributed by atoms with Gasteiger partial charge >= 0.3 is 0 Å². The Kier molecular flexibility index (Phi) is 4.20. The van der Waals surface area contributed by atoms with Crippen molar-refractivity contribution in [2.45, 2.75) is 58.0 Å². The summed E-state index contributed by atoms with van der Waals surface area (Å²) >= 11 is 0. The van der Waals surface area contributed by atoms with Gasteiger partial charge in [-0.2, -0.15) is 0 Å². The lowest BCUT2D eigenvalue weighted by Gasteiger charge is -2.34. The number of hydrogen-bond acceptors (Lipinski definition) is 0. The Labute approximate surface area is 186 Å². The minimum absolute atomic E-state index is 0.747. The second-order valence-electron chi connectivity index (χ2n) is 10.4. The van der Waals surface area contributed by atoms with Crippen molar-refractivity contribution in [3.8, 4) is 11.3 Å². The van der Waals surface area contributed by atoms with Gasteiger partial charge in [0, 0.05) is 6.07 Å². The van der Waals surface area contributed by atoms with Crippen LogP contribution >= 0.6 is 0 Å². The molecule has 0 bridgehead atoms. The first-order valence-electron chi connectivity index (χ1n) is 12.0. The van der Waals surface area contributed by atoms with E-state index in [-0.39, 0.29) is 0 Å². The zero-order chi connectivity index (χ0) is 21.3. The second kappa shape index (κ2) is 6.77. The highest BCUT2D eigenvalue weighted by molar-refractivity contribution is 7.03. The third-order valence-corrected chi connectivity index (χ3v) is 11.7. The van der Waals surface area contributed by atoms with Crippen LogP contribution in [0.2, 0.25) is 13.1 Å². The lowest BCUT2D eigenvalue weighted by atomic mass is 9.83. The topological polar surface area (TPSA) is 3.88 Å². The third kappa shape index (κ3) is 2.70. The highest BCUT2D eigenvalue weighted by atomic mass is 28.3. The molecule has 0 amide bonds. The van der Waals surface area contributed by atoms with Crippen LogP contribution in [0.4, 0.5) is 0 Å². The number of benzene rings is 3. The summed E-state index contributed by atoms with van der Waals surface area (Å²) in [6.45, 7) is 7.50. The summed E-state index contributed by atoms with van der Waals surface area (Å²) in [6, 6.07) is 19.0. The van der Waals surface area contributed by atoms with Crippen LogP contribution in [-0.4, -0.2) is 8.07 Å². The largest absolute Gasteiger partial charge is 0.220 e. The monoisotopic (exact) mass is 422 g/mol. The molecule has 0 radical (unpaired) electrons. The van der Waals surface area contributed by atoms with Crippen LogP contribution in [0.3, 0.4) is 0 Å². The zero-order valence-electron chi connectivity index (χ0n) is 19.3. The quantitative estimate of drug-likeness (QED) is 0.262. The van der Waals surface area contributed by atoms with Crippen LogP contribution in [0.15, 0.2) is 54.7 Å². The van der Waals surface area contributed by atoms with E-state index in [0.29, 0.717) is 0 Å². The average Bonchev–Trinajstić information content (AvgIpc) is 2.79. The van der Waals surface area contributed by atoms with E-state index in [4.69, 9.17) is 0 Å². The van der Waals surface area contributed by atoms with Gasteiger partial charge in [0.1, 0.15) is 15.1 Å². The lowest BCUT2D eigenvalue weighted by molar-refractivity contribution is -0.659. The summed E-state index contributed by atoms with van der Waals surface area (Å²) in [6.07, 6.45) is 9.20. The molecule has 0 saturated heterocycles. The van der Waals surface area contributed by atoms with Gasteiger partial charge in [-0.3, -0.25) is 0 Å². The molecule has 1 fully saturated rings. The Hall–Kier alpha value is -2.45. The predicted octanol–water partition coefficient (Wildman–Crippen LogP) is 5.98. The summed E-state index contributed by atoms with van der Waals surface area (Å²) in [5.41, 5.74) is 5.97. The minimum atomic E-state index is -1.84. The zero-order valence-corrected chi connectivity index (χ0v) is 20.3. The van der Waals surface area contributed by atoms with Gasteiger partial charge in [-0.05, 0) is 63.3 Å². The molecule has 0 spiro atoms. The smallest absolute Gasteiger partial charge is 0.200 e. The van der Waals surface area contributed by atoms with E-state index in [1.54, 1.807) is 15.9 Å². The number of pyridine rings is 1. The van der Waals surface area contributed by atoms with Gasteiger partial charge in [0.2, 0.25) is 5.69 Å². The summed E-state index contributed by atoms with van der Waals surface area (Å²) in [5, 5.41) is 9.02. The van der Waals surface area contributed by atoms with Gasteiger partial charge in [0.25, 0.3) is 0 Å². The molecule has 0 N–H and O–H groups in total. The van der Waals surface area contributed by atoms with Crippen LogP contribution < -0.4 is 14.9 Å². The molecule has 31 heavy (non-hydrogen) atoms. The maximum atomic E-state index is 2.64. The van der Waals surface area contributed by atoms with Gasteiger partial charge < -0.3 is 0 Å². The highest BCUT2D eigenvalue weighted by Gasteiger charge is 2.41. The first-order chi connectivity index (χ1) is 15.0. The predicted molar refractivity (Wildman–Crippen MR) is 135 cm³/mol. The minimum Gasteiger partial charge on any atom is -0.200 e. The molecule has 1 nitrogen and oxygen atoms in total. The first-order valence-corrected chi connectivity index (χ1v) is 15.0. The van der Waals surface area contributed by atoms with Gasteiger partial charge in [0.15, 0.2) is 6.20 Å². The summed E-state index contributed by atoms with van der Waals surface area (Å²) in [5.74, 6) is 0.747. The van der Waals surface area contributed by atoms with Crippen LogP contribution in [0.25, 0.3) is 32.8 Å². The van der Waals surface area contributed by atoms with Crippen LogP contribution in [0, 0.1) is 6.92 Å². The van der Waals surface area contributed by atoms with E-state index in [1.165, 1.54) is 70.5 Å². The van der Waals surface area contributed by atoms with E-state index >= 15 is 0 Å². The lowest BCUT2D eigenvalue weighted by Crippen LogP contribution is -2.58. The number of rotatable bonds is 1. The Morgan fingerprint density at radius 2 is 1.65 bits per heavy atom. The SMILES string of the molecule is Cc1c2c(cc3ccccc13)[Si](C)(C)c1cc(C3CCCCC3)cc3cc[n+](C)c-2c13. The number of nitrogens with zero attached hydrogens (tertiary/aromatic N) is 1. The number of aromatic nitrogens is 1. The fraction of sp³-hybridized carbons (Fsp3) is 0.345. The Morgan fingerprint density at radius 3 is 2.45 bits per heavy atom. The molecule has 0 atom stereocenters. The summed E-state index contributed by atoms with van der Waals surface area (Å²) in [7, 11) is 0.386. The van der Waals surface area contributed by atoms with Gasteiger partial charge in [-0.15, -0.1) is 0 Å². The molecular weight excluding hydrogens is 390 g/mol. The Balaban J connectivity index is 1.73. The maximum Gasteiger partial charge on any atom is 0.220 e. The third-order valence-electron chi connectivity index (χ3n) is 8.23. The summed E-state index contributed by atoms with van der Waals surface area (Å²) in [4.78, 5) is 0. The fourth-order valence-electron chi connectivity index (χ4n) is 6.46. The second-order valence-corrected chi connectivity index (χ2v) is 14.7. The molecule has 2 aliphatic rings. The van der Waals surface area contributed by atoms with E-state index < -0.39 is 8.07 Å². The van der Waals surface area contributed by atoms with Crippen molar-refractivity contribution in [1.82, 2.24) is 0 Å². The molecule has 1 aliphatic heterocycles. The van der Waals surface area contributed by atoms with Crippen molar-refractivity contribution in [3.63, 3.8) is 0 Å². The van der Waals surface area contributed by atoms with Crippen molar-refractivity contribution in [2.75, 3.05) is 0 Å². The molecule has 6 rings (SSSR count). The molecule has 1 saturated carbocycles. The molecular formula is C29H32NSi+. The van der Waals surface area contributed by atoms with E-state index in [0.717, 1.165) is 5.92 Å². The van der Waals surface area contributed by atoms with Crippen molar-refractivity contribution in [2.24, 2.45) is 7.05 Å². The molecule has 3 aromatic carbocycles. The molecule has 1 aliphatic carbocycles. The van der Waals surface area contributed by atoms with Crippen molar-refractivity contribution in [1.29, 1.82) is 0 Å². The molecule has 0 unspecified atom stereocenters. The van der Waals surface area contributed by atoms with Gasteiger partial charge in [0.05, 0.1) is 10.9 Å². The van der Waals surface area contributed by atoms with Crippen LogP contribution in [0.5, 0.6) is 0 Å². The Bertz CT molecular complexity index is 1360. The first kappa shape index (κ1) is 19.2. The maximum absolute atomic E-state index is 2.64. The fourth-order valence-corrected chi connectivity index (χ4v) is 9.62. The number of aryl methyl sites for hydroxylation is 2. The van der Waals surface area contributed by atoms with E-state index in [9.17, 15) is 0 Å². The van der Waals surface area contributed by atoms with E-state index in [2.05, 4.69) is 86.4 Å². The molecule has 2 heterocycles. The molecule has 156 valence electrons. The Morgan fingerprint density at radius 1 is 0.871 bits per heavy atom. The number of fused-ring (bicyclic) bond motifs is 3. The van der Waals surface area contributed by atoms with Crippen LogP contribution in [0.1, 0.15) is 49.1 Å². The van der Waals surface area contributed by atoms with Crippen molar-refractivity contribution in [3.05, 3.63) is 65.9 Å². The van der Waals surface area contributed by atoms with Crippen LogP contribution in [-0.2, 0) is 7.05 Å². The van der Waals surface area contributed by atoms with E-state index in [1.807, 2.05) is 0 Å². The average molecular weight is 423 g/mol. The summed E-state index contributed by atoms with van der Waals surface area (Å²) < 4.78 is 2.37. The van der Waals surface area contributed by atoms with Gasteiger partial charge in [-0.25, -0.2) is 4.57 Å². The molecule has 1 aromatic heterocycles. The molecule has 4 aromatic rings. The molecule has 2 heteroatoms. The number of hydrogen-bond donors (Lipinski definition) is 0. The highest BCUT2D eigenvalue weighted by Crippen LogP contribution is 2.39. The van der Waals surface area contributed by atoms with Crippen molar-refractivity contribution >= 4 is 40.0 Å². The van der Waals surface area contributed by atoms with Crippen molar-refractivity contribution < 1.29 is 4.57 Å². The standard InChI is InChI=1S/C29H32NSi/c1-19-24-13-9-8-12-21(24)17-25-27(19)29-28-22(14-15-30(29)2)16-23(18-26(28)31(25,3)4)20-10-6-5-7-11-20/h8-9,12-18,20H,5-7,10-11H2,1-4H3/q+1.